The summed E-state index contributed by atoms with van der Waals surface area (Å²) in [5.41, 5.74) is -1.65. The monoisotopic (exact) mass is 224 g/mol. The quantitative estimate of drug-likeness (QED) is 0.716. The van der Waals surface area contributed by atoms with Crippen molar-refractivity contribution in [3.63, 3.8) is 0 Å². The molecule has 4 atom stereocenters. The van der Waals surface area contributed by atoms with Crippen molar-refractivity contribution in [2.75, 3.05) is 0 Å². The molecule has 0 radical (unpaired) electrons. The van der Waals surface area contributed by atoms with Crippen LogP contribution in [-0.2, 0) is 9.59 Å². The molecule has 2 N–H and O–H groups in total. The molecule has 4 unspecified atom stereocenters. The molecule has 0 aromatic rings. The number of carboxylic acids is 2. The van der Waals surface area contributed by atoms with Gasteiger partial charge in [0, 0.05) is 5.41 Å². The molecule has 2 rings (SSSR count). The summed E-state index contributed by atoms with van der Waals surface area (Å²) in [7, 11) is 0. The summed E-state index contributed by atoms with van der Waals surface area (Å²) in [4.78, 5) is 22.5. The lowest BCUT2D eigenvalue weighted by Gasteiger charge is -2.41. The van der Waals surface area contributed by atoms with Gasteiger partial charge >= 0.3 is 11.9 Å². The van der Waals surface area contributed by atoms with E-state index in [0.29, 0.717) is 0 Å². The molecular formula is C12H16O4. The molecule has 0 saturated heterocycles. The Bertz CT molecular complexity index is 386. The maximum atomic E-state index is 11.6. The summed E-state index contributed by atoms with van der Waals surface area (Å²) in [6.07, 6.45) is 4.40. The number of fused-ring (bicyclic) bond motifs is 2. The van der Waals surface area contributed by atoms with Crippen molar-refractivity contribution in [2.24, 2.45) is 22.7 Å². The lowest BCUT2D eigenvalue weighted by Crippen LogP contribution is -2.47. The Labute approximate surface area is 94.0 Å². The van der Waals surface area contributed by atoms with Gasteiger partial charge in [-0.1, -0.05) is 26.0 Å². The van der Waals surface area contributed by atoms with Gasteiger partial charge in [-0.2, -0.15) is 0 Å². The Morgan fingerprint density at radius 3 is 2.44 bits per heavy atom. The van der Waals surface area contributed by atoms with E-state index in [1.807, 2.05) is 26.0 Å². The number of rotatable bonds is 3. The van der Waals surface area contributed by atoms with Crippen LogP contribution in [0, 0.1) is 22.7 Å². The molecule has 1 fully saturated rings. The van der Waals surface area contributed by atoms with Gasteiger partial charge in [-0.25, -0.2) is 0 Å². The minimum Gasteiger partial charge on any atom is -0.481 e. The molecule has 0 aromatic carbocycles. The maximum absolute atomic E-state index is 11.6. The molecule has 16 heavy (non-hydrogen) atoms. The van der Waals surface area contributed by atoms with E-state index in [4.69, 9.17) is 5.11 Å². The fraction of sp³-hybridized carbons (Fsp3) is 0.667. The van der Waals surface area contributed by atoms with Crippen molar-refractivity contribution in [3.05, 3.63) is 12.2 Å². The molecule has 0 spiro atoms. The van der Waals surface area contributed by atoms with E-state index in [1.54, 1.807) is 0 Å². The Hall–Kier alpha value is -1.32. The molecule has 1 saturated carbocycles. The van der Waals surface area contributed by atoms with Crippen LogP contribution in [0.25, 0.3) is 0 Å². The van der Waals surface area contributed by atoms with Crippen LogP contribution >= 0.6 is 0 Å². The van der Waals surface area contributed by atoms with Gasteiger partial charge in [0.25, 0.3) is 0 Å². The third-order valence-electron chi connectivity index (χ3n) is 4.62. The standard InChI is InChI=1S/C12H16O4/c1-7-8-3-4-11(2,5-8)12(7,10(15)16)6-9(13)14/h3-4,7-8H,5-6H2,1-2H3,(H,13,14)(H,15,16). The van der Waals surface area contributed by atoms with E-state index < -0.39 is 22.8 Å². The minimum atomic E-state index is -1.14. The highest BCUT2D eigenvalue weighted by molar-refractivity contribution is 5.84. The molecular weight excluding hydrogens is 208 g/mol. The molecule has 2 aliphatic carbocycles. The Morgan fingerprint density at radius 2 is 2.06 bits per heavy atom. The van der Waals surface area contributed by atoms with Crippen LogP contribution in [0.3, 0.4) is 0 Å². The molecule has 88 valence electrons. The van der Waals surface area contributed by atoms with E-state index >= 15 is 0 Å². The van der Waals surface area contributed by atoms with Crippen molar-refractivity contribution in [2.45, 2.75) is 26.7 Å². The van der Waals surface area contributed by atoms with Crippen LogP contribution in [0.1, 0.15) is 26.7 Å². The second kappa shape index (κ2) is 3.09. The molecule has 0 aliphatic heterocycles. The van der Waals surface area contributed by atoms with Gasteiger partial charge in [-0.05, 0) is 18.3 Å². The number of carboxylic acid groups (broad SMARTS) is 2. The van der Waals surface area contributed by atoms with E-state index in [0.717, 1.165) is 6.42 Å². The maximum Gasteiger partial charge on any atom is 0.311 e. The Kier molecular flexibility index (Phi) is 2.16. The average Bonchev–Trinajstić information content (AvgIpc) is 2.63. The summed E-state index contributed by atoms with van der Waals surface area (Å²) in [5.74, 6) is -1.91. The van der Waals surface area contributed by atoms with Gasteiger partial charge in [0.05, 0.1) is 11.8 Å². The first-order valence-electron chi connectivity index (χ1n) is 5.48. The summed E-state index contributed by atoms with van der Waals surface area (Å²) < 4.78 is 0. The third kappa shape index (κ3) is 1.10. The fourth-order valence-corrected chi connectivity index (χ4v) is 3.64. The number of aliphatic carboxylic acids is 2. The summed E-state index contributed by atoms with van der Waals surface area (Å²) in [5, 5.41) is 18.4. The molecule has 2 bridgehead atoms. The van der Waals surface area contributed by atoms with Crippen molar-refractivity contribution < 1.29 is 19.8 Å². The predicted molar refractivity (Wildman–Crippen MR) is 56.8 cm³/mol. The second-order valence-corrected chi connectivity index (χ2v) is 5.28. The molecule has 0 aromatic heterocycles. The van der Waals surface area contributed by atoms with Crippen LogP contribution in [0.15, 0.2) is 12.2 Å². The van der Waals surface area contributed by atoms with Gasteiger partial charge < -0.3 is 10.2 Å². The second-order valence-electron chi connectivity index (χ2n) is 5.28. The zero-order chi connectivity index (χ0) is 12.1. The largest absolute Gasteiger partial charge is 0.481 e. The summed E-state index contributed by atoms with van der Waals surface area (Å²) in [6.45, 7) is 3.72. The number of hydrogen-bond acceptors (Lipinski definition) is 2. The predicted octanol–water partition coefficient (Wildman–Crippen LogP) is 1.76. The molecule has 4 heteroatoms. The van der Waals surface area contributed by atoms with Crippen molar-refractivity contribution in [1.82, 2.24) is 0 Å². The zero-order valence-electron chi connectivity index (χ0n) is 9.43. The van der Waals surface area contributed by atoms with Crippen LogP contribution < -0.4 is 0 Å². The van der Waals surface area contributed by atoms with Crippen LogP contribution in [0.4, 0.5) is 0 Å². The SMILES string of the molecule is CC1C2C=CC(C)(C2)C1(CC(=O)O)C(=O)O. The van der Waals surface area contributed by atoms with Crippen molar-refractivity contribution >= 4 is 11.9 Å². The van der Waals surface area contributed by atoms with E-state index in [2.05, 4.69) is 0 Å². The molecule has 2 aliphatic rings. The molecule has 4 nitrogen and oxygen atoms in total. The topological polar surface area (TPSA) is 74.6 Å². The number of carbonyl (C=O) groups is 2. The third-order valence-corrected chi connectivity index (χ3v) is 4.62. The summed E-state index contributed by atoms with van der Waals surface area (Å²) in [6, 6.07) is 0. The van der Waals surface area contributed by atoms with Crippen LogP contribution in [-0.4, -0.2) is 22.2 Å². The van der Waals surface area contributed by atoms with Crippen LogP contribution in [0.5, 0.6) is 0 Å². The lowest BCUT2D eigenvalue weighted by molar-refractivity contribution is -0.164. The smallest absolute Gasteiger partial charge is 0.311 e. The van der Waals surface area contributed by atoms with Crippen molar-refractivity contribution in [1.29, 1.82) is 0 Å². The fourth-order valence-electron chi connectivity index (χ4n) is 3.64. The van der Waals surface area contributed by atoms with Gasteiger partial charge in [0.1, 0.15) is 0 Å². The highest BCUT2D eigenvalue weighted by Gasteiger charge is 2.65. The Balaban J connectivity index is 2.51. The average molecular weight is 224 g/mol. The lowest BCUT2D eigenvalue weighted by atomic mass is 9.60. The number of allylic oxidation sites excluding steroid dienone is 2. The normalized spacial score (nSPS) is 44.9. The van der Waals surface area contributed by atoms with E-state index in [-0.39, 0.29) is 18.3 Å². The minimum absolute atomic E-state index is 0.115. The number of hydrogen-bond donors (Lipinski definition) is 2. The molecule has 0 amide bonds. The highest BCUT2D eigenvalue weighted by atomic mass is 16.4. The van der Waals surface area contributed by atoms with Gasteiger partial charge in [0.15, 0.2) is 0 Å². The van der Waals surface area contributed by atoms with Crippen molar-refractivity contribution in [3.8, 4) is 0 Å². The first-order chi connectivity index (χ1) is 7.33. The van der Waals surface area contributed by atoms with E-state index in [1.165, 1.54) is 0 Å². The van der Waals surface area contributed by atoms with E-state index in [9.17, 15) is 14.7 Å². The Morgan fingerprint density at radius 1 is 1.44 bits per heavy atom. The highest BCUT2D eigenvalue weighted by Crippen LogP contribution is 2.65. The first-order valence-corrected chi connectivity index (χ1v) is 5.48. The van der Waals surface area contributed by atoms with Gasteiger partial charge in [0.2, 0.25) is 0 Å². The van der Waals surface area contributed by atoms with Gasteiger partial charge in [-0.3, -0.25) is 9.59 Å². The van der Waals surface area contributed by atoms with Crippen LogP contribution in [0.2, 0.25) is 0 Å². The van der Waals surface area contributed by atoms with Gasteiger partial charge in [-0.15, -0.1) is 0 Å². The zero-order valence-corrected chi connectivity index (χ0v) is 9.43. The first kappa shape index (κ1) is 11.2. The summed E-state index contributed by atoms with van der Waals surface area (Å²) >= 11 is 0. The molecule has 0 heterocycles.